The fourth-order valence-electron chi connectivity index (χ4n) is 2.79. The molecule has 1 heterocycles. The summed E-state index contributed by atoms with van der Waals surface area (Å²) < 4.78 is 43.8. The van der Waals surface area contributed by atoms with Crippen LogP contribution in [0.4, 0.5) is 13.2 Å². The minimum atomic E-state index is -4.45. The van der Waals surface area contributed by atoms with E-state index >= 15 is 0 Å². The summed E-state index contributed by atoms with van der Waals surface area (Å²) in [6, 6.07) is 5.10. The number of halogens is 3. The summed E-state index contributed by atoms with van der Waals surface area (Å²) in [5.74, 6) is -0.138. The van der Waals surface area contributed by atoms with E-state index in [0.29, 0.717) is 0 Å². The Morgan fingerprint density at radius 2 is 1.91 bits per heavy atom. The van der Waals surface area contributed by atoms with Gasteiger partial charge in [0, 0.05) is 0 Å². The summed E-state index contributed by atoms with van der Waals surface area (Å²) in [6.45, 7) is 4.80. The molecule has 2 rings (SSSR count). The molecule has 0 radical (unpaired) electrons. The third-order valence-corrected chi connectivity index (χ3v) is 4.23. The zero-order chi connectivity index (χ0) is 16.2. The van der Waals surface area contributed by atoms with Gasteiger partial charge in [0.2, 0.25) is 0 Å². The van der Waals surface area contributed by atoms with Gasteiger partial charge in [0.25, 0.3) is 0 Å². The maximum absolute atomic E-state index is 12.9. The second kappa shape index (κ2) is 7.33. The Morgan fingerprint density at radius 3 is 2.50 bits per heavy atom. The van der Waals surface area contributed by atoms with Crippen molar-refractivity contribution in [3.8, 4) is 5.75 Å². The zero-order valence-electron chi connectivity index (χ0n) is 12.6. The first-order valence-corrected chi connectivity index (χ1v) is 7.61. The molecule has 0 spiro atoms. The molecule has 0 saturated carbocycles. The Kier molecular flexibility index (Phi) is 5.69. The number of aliphatic hydroxyl groups is 1. The molecule has 1 aromatic carbocycles. The Hall–Kier alpha value is -1.27. The largest absolute Gasteiger partial charge is 0.490 e. The molecule has 0 bridgehead atoms. The first-order chi connectivity index (χ1) is 10.4. The molecule has 1 aromatic rings. The standard InChI is InChI=1S/C16H22F3NO2/c1-2-20-9-7-12(8-10-20)14(21)11-22-15-6-4-3-5-13(15)16(17,18)19/h3-6,12,14,21H,2,7-11H2,1H3. The van der Waals surface area contributed by atoms with E-state index in [9.17, 15) is 18.3 Å². The van der Waals surface area contributed by atoms with Crippen LogP contribution in [-0.4, -0.2) is 42.4 Å². The van der Waals surface area contributed by atoms with Crippen LogP contribution in [0.1, 0.15) is 25.3 Å². The molecule has 0 aliphatic carbocycles. The van der Waals surface area contributed by atoms with Crippen molar-refractivity contribution in [2.24, 2.45) is 5.92 Å². The fourth-order valence-corrected chi connectivity index (χ4v) is 2.79. The van der Waals surface area contributed by atoms with Crippen LogP contribution in [0.25, 0.3) is 0 Å². The van der Waals surface area contributed by atoms with E-state index in [-0.39, 0.29) is 18.3 Å². The Morgan fingerprint density at radius 1 is 1.27 bits per heavy atom. The predicted octanol–water partition coefficient (Wildman–Crippen LogP) is 3.18. The van der Waals surface area contributed by atoms with Crippen LogP contribution in [0.15, 0.2) is 24.3 Å². The van der Waals surface area contributed by atoms with Crippen LogP contribution in [0, 0.1) is 5.92 Å². The van der Waals surface area contributed by atoms with Gasteiger partial charge in [-0.15, -0.1) is 0 Å². The van der Waals surface area contributed by atoms with Gasteiger partial charge in [-0.25, -0.2) is 0 Å². The third-order valence-electron chi connectivity index (χ3n) is 4.23. The molecule has 6 heteroatoms. The number of ether oxygens (including phenoxy) is 1. The molecule has 1 fully saturated rings. The van der Waals surface area contributed by atoms with Crippen molar-refractivity contribution in [2.45, 2.75) is 32.0 Å². The normalized spacial score (nSPS) is 19.1. The fraction of sp³-hybridized carbons (Fsp3) is 0.625. The van der Waals surface area contributed by atoms with Gasteiger partial charge in [0.1, 0.15) is 12.4 Å². The summed E-state index contributed by atoms with van der Waals surface area (Å²) in [5, 5.41) is 10.2. The van der Waals surface area contributed by atoms with Gasteiger partial charge >= 0.3 is 6.18 Å². The molecule has 124 valence electrons. The molecule has 0 amide bonds. The minimum absolute atomic E-state index is 0.0841. The molecule has 1 aliphatic heterocycles. The van der Waals surface area contributed by atoms with Crippen LogP contribution < -0.4 is 4.74 Å². The van der Waals surface area contributed by atoms with Crippen molar-refractivity contribution < 1.29 is 23.0 Å². The summed E-state index contributed by atoms with van der Waals surface area (Å²) in [7, 11) is 0. The van der Waals surface area contributed by atoms with Gasteiger partial charge in [0.15, 0.2) is 0 Å². The van der Waals surface area contributed by atoms with Crippen molar-refractivity contribution in [3.05, 3.63) is 29.8 Å². The molecule has 1 saturated heterocycles. The number of nitrogens with zero attached hydrogens (tertiary/aromatic N) is 1. The highest BCUT2D eigenvalue weighted by Gasteiger charge is 2.34. The van der Waals surface area contributed by atoms with E-state index in [1.165, 1.54) is 18.2 Å². The SMILES string of the molecule is CCN1CCC(C(O)COc2ccccc2C(F)(F)F)CC1. The summed E-state index contributed by atoms with van der Waals surface area (Å²) >= 11 is 0. The summed E-state index contributed by atoms with van der Waals surface area (Å²) in [6.07, 6.45) is -3.49. The molecule has 0 aromatic heterocycles. The van der Waals surface area contributed by atoms with Crippen LogP contribution in [-0.2, 0) is 6.18 Å². The van der Waals surface area contributed by atoms with Crippen LogP contribution in [0.5, 0.6) is 5.75 Å². The summed E-state index contributed by atoms with van der Waals surface area (Å²) in [5.41, 5.74) is -0.803. The van der Waals surface area contributed by atoms with Crippen molar-refractivity contribution in [2.75, 3.05) is 26.2 Å². The van der Waals surface area contributed by atoms with E-state index in [4.69, 9.17) is 4.74 Å². The molecule has 1 atom stereocenters. The van der Waals surface area contributed by atoms with Crippen LogP contribution >= 0.6 is 0 Å². The lowest BCUT2D eigenvalue weighted by molar-refractivity contribution is -0.139. The average molecular weight is 317 g/mol. The van der Waals surface area contributed by atoms with Crippen molar-refractivity contribution >= 4 is 0 Å². The average Bonchev–Trinajstić information content (AvgIpc) is 2.52. The zero-order valence-corrected chi connectivity index (χ0v) is 12.6. The van der Waals surface area contributed by atoms with Gasteiger partial charge in [-0.1, -0.05) is 19.1 Å². The maximum Gasteiger partial charge on any atom is 0.419 e. The lowest BCUT2D eigenvalue weighted by Gasteiger charge is -2.33. The van der Waals surface area contributed by atoms with E-state index in [0.717, 1.165) is 38.5 Å². The van der Waals surface area contributed by atoms with E-state index in [1.54, 1.807) is 0 Å². The smallest absolute Gasteiger partial charge is 0.419 e. The third kappa shape index (κ3) is 4.36. The number of alkyl halides is 3. The number of hydrogen-bond acceptors (Lipinski definition) is 3. The molecule has 1 N–H and O–H groups in total. The first-order valence-electron chi connectivity index (χ1n) is 7.61. The van der Waals surface area contributed by atoms with E-state index < -0.39 is 17.8 Å². The van der Waals surface area contributed by atoms with E-state index in [2.05, 4.69) is 11.8 Å². The maximum atomic E-state index is 12.9. The molecular weight excluding hydrogens is 295 g/mol. The quantitative estimate of drug-likeness (QED) is 0.905. The molecule has 22 heavy (non-hydrogen) atoms. The highest BCUT2D eigenvalue weighted by atomic mass is 19.4. The number of rotatable bonds is 5. The van der Waals surface area contributed by atoms with Crippen molar-refractivity contribution in [1.82, 2.24) is 4.90 Å². The topological polar surface area (TPSA) is 32.7 Å². The Balaban J connectivity index is 1.91. The number of piperidine rings is 1. The summed E-state index contributed by atoms with van der Waals surface area (Å²) in [4.78, 5) is 2.29. The Bertz CT molecular complexity index is 471. The van der Waals surface area contributed by atoms with Crippen molar-refractivity contribution in [1.29, 1.82) is 0 Å². The number of likely N-dealkylation sites (tertiary alicyclic amines) is 1. The lowest BCUT2D eigenvalue weighted by Crippen LogP contribution is -2.39. The Labute approximate surface area is 128 Å². The van der Waals surface area contributed by atoms with Gasteiger partial charge in [0.05, 0.1) is 11.7 Å². The molecule has 1 aliphatic rings. The van der Waals surface area contributed by atoms with Gasteiger partial charge in [-0.05, 0) is 50.5 Å². The predicted molar refractivity (Wildman–Crippen MR) is 77.8 cm³/mol. The number of hydrogen-bond donors (Lipinski definition) is 1. The number of para-hydroxylation sites is 1. The van der Waals surface area contributed by atoms with Gasteiger partial charge < -0.3 is 14.7 Å². The van der Waals surface area contributed by atoms with Gasteiger partial charge in [-0.3, -0.25) is 0 Å². The first kappa shape index (κ1) is 17.1. The second-order valence-corrected chi connectivity index (χ2v) is 5.64. The van der Waals surface area contributed by atoms with Gasteiger partial charge in [-0.2, -0.15) is 13.2 Å². The molecule has 3 nitrogen and oxygen atoms in total. The van der Waals surface area contributed by atoms with Crippen LogP contribution in [0.2, 0.25) is 0 Å². The van der Waals surface area contributed by atoms with Crippen LogP contribution in [0.3, 0.4) is 0 Å². The van der Waals surface area contributed by atoms with E-state index in [1.807, 2.05) is 0 Å². The number of benzene rings is 1. The molecular formula is C16H22F3NO2. The highest BCUT2D eigenvalue weighted by Crippen LogP contribution is 2.36. The minimum Gasteiger partial charge on any atom is -0.490 e. The lowest BCUT2D eigenvalue weighted by atomic mass is 9.91. The monoisotopic (exact) mass is 317 g/mol. The second-order valence-electron chi connectivity index (χ2n) is 5.64. The van der Waals surface area contributed by atoms with Crippen molar-refractivity contribution in [3.63, 3.8) is 0 Å². The number of aliphatic hydroxyl groups excluding tert-OH is 1. The highest BCUT2D eigenvalue weighted by molar-refractivity contribution is 5.35. The molecule has 1 unspecified atom stereocenters.